The van der Waals surface area contributed by atoms with Crippen LogP contribution in [0.25, 0.3) is 0 Å². The molecule has 3 rings (SSSR count). The van der Waals surface area contributed by atoms with Crippen LogP contribution in [0.3, 0.4) is 0 Å². The van der Waals surface area contributed by atoms with Gasteiger partial charge in [-0.2, -0.15) is 0 Å². The molecule has 1 atom stereocenters. The maximum atomic E-state index is 11.9. The summed E-state index contributed by atoms with van der Waals surface area (Å²) in [5.41, 5.74) is 3.18. The zero-order valence-corrected chi connectivity index (χ0v) is 12.9. The summed E-state index contributed by atoms with van der Waals surface area (Å²) < 4.78 is 0. The van der Waals surface area contributed by atoms with Crippen LogP contribution in [0.5, 0.6) is 0 Å². The molecule has 1 unspecified atom stereocenters. The lowest BCUT2D eigenvalue weighted by molar-refractivity contribution is -0.122. The van der Waals surface area contributed by atoms with E-state index >= 15 is 0 Å². The van der Waals surface area contributed by atoms with Gasteiger partial charge < -0.3 is 10.6 Å². The van der Waals surface area contributed by atoms with Gasteiger partial charge in [0.15, 0.2) is 0 Å². The smallest absolute Gasteiger partial charge is 0.227 e. The molecule has 0 radical (unpaired) electrons. The molecular weight excluding hydrogens is 272 g/mol. The molecular formula is C19H22N2O. The standard InChI is InChI=1S/C19H22N2O/c1-14(15-6-3-2-4-7-15)20-17-10-12-18(13-11-17)21-19(22)16-8-5-9-16/h2-4,6-7,10-14,16,20H,5,8-9H2,1H3,(H,21,22). The molecule has 114 valence electrons. The SMILES string of the molecule is CC(Nc1ccc(NC(=O)C2CCC2)cc1)c1ccccc1. The van der Waals surface area contributed by atoms with Crippen LogP contribution < -0.4 is 10.6 Å². The first-order valence-electron chi connectivity index (χ1n) is 7.95. The lowest BCUT2D eigenvalue weighted by Gasteiger charge is -2.24. The van der Waals surface area contributed by atoms with E-state index in [9.17, 15) is 4.79 Å². The Hall–Kier alpha value is -2.29. The first-order chi connectivity index (χ1) is 10.7. The van der Waals surface area contributed by atoms with E-state index in [0.29, 0.717) is 0 Å². The highest BCUT2D eigenvalue weighted by Gasteiger charge is 2.24. The maximum Gasteiger partial charge on any atom is 0.227 e. The summed E-state index contributed by atoms with van der Waals surface area (Å²) in [4.78, 5) is 11.9. The second-order valence-corrected chi connectivity index (χ2v) is 5.97. The van der Waals surface area contributed by atoms with Crippen LogP contribution >= 0.6 is 0 Å². The first-order valence-corrected chi connectivity index (χ1v) is 7.95. The molecule has 1 aliphatic rings. The van der Waals surface area contributed by atoms with E-state index in [-0.39, 0.29) is 17.9 Å². The largest absolute Gasteiger partial charge is 0.379 e. The summed E-state index contributed by atoms with van der Waals surface area (Å²) in [5, 5.41) is 6.46. The van der Waals surface area contributed by atoms with Gasteiger partial charge in [-0.05, 0) is 49.6 Å². The van der Waals surface area contributed by atoms with Crippen LogP contribution in [0.2, 0.25) is 0 Å². The monoisotopic (exact) mass is 294 g/mol. The van der Waals surface area contributed by atoms with Gasteiger partial charge in [0.05, 0.1) is 0 Å². The van der Waals surface area contributed by atoms with E-state index in [1.807, 2.05) is 42.5 Å². The summed E-state index contributed by atoms with van der Waals surface area (Å²) >= 11 is 0. The van der Waals surface area contributed by atoms with Crippen molar-refractivity contribution >= 4 is 17.3 Å². The van der Waals surface area contributed by atoms with E-state index in [2.05, 4.69) is 29.7 Å². The van der Waals surface area contributed by atoms with Crippen molar-refractivity contribution in [1.82, 2.24) is 0 Å². The number of benzene rings is 2. The fourth-order valence-corrected chi connectivity index (χ4v) is 2.64. The van der Waals surface area contributed by atoms with Gasteiger partial charge in [0.2, 0.25) is 5.91 Å². The van der Waals surface area contributed by atoms with Gasteiger partial charge in [-0.15, -0.1) is 0 Å². The van der Waals surface area contributed by atoms with Crippen LogP contribution in [-0.2, 0) is 4.79 Å². The van der Waals surface area contributed by atoms with Crippen LogP contribution in [0.1, 0.15) is 37.8 Å². The number of carbonyl (C=O) groups excluding carboxylic acids is 1. The molecule has 0 bridgehead atoms. The highest BCUT2D eigenvalue weighted by molar-refractivity contribution is 5.93. The minimum atomic E-state index is 0.157. The van der Waals surface area contributed by atoms with Crippen molar-refractivity contribution in [2.24, 2.45) is 5.92 Å². The summed E-state index contributed by atoms with van der Waals surface area (Å²) in [6.07, 6.45) is 3.23. The normalized spacial score (nSPS) is 15.7. The highest BCUT2D eigenvalue weighted by Crippen LogP contribution is 2.28. The first kappa shape index (κ1) is 14.6. The van der Waals surface area contributed by atoms with E-state index in [1.54, 1.807) is 0 Å². The van der Waals surface area contributed by atoms with Crippen LogP contribution in [0.15, 0.2) is 54.6 Å². The average Bonchev–Trinajstić information content (AvgIpc) is 2.48. The zero-order chi connectivity index (χ0) is 15.4. The molecule has 1 aliphatic carbocycles. The third kappa shape index (κ3) is 3.48. The fourth-order valence-electron chi connectivity index (χ4n) is 2.64. The average molecular weight is 294 g/mol. The molecule has 2 aromatic carbocycles. The second-order valence-electron chi connectivity index (χ2n) is 5.97. The van der Waals surface area contributed by atoms with E-state index in [1.165, 1.54) is 12.0 Å². The topological polar surface area (TPSA) is 41.1 Å². The lowest BCUT2D eigenvalue weighted by Crippen LogP contribution is -2.27. The van der Waals surface area contributed by atoms with Crippen molar-refractivity contribution in [1.29, 1.82) is 0 Å². The molecule has 0 aromatic heterocycles. The van der Waals surface area contributed by atoms with Gasteiger partial charge in [0.1, 0.15) is 0 Å². The van der Waals surface area contributed by atoms with Gasteiger partial charge in [0, 0.05) is 23.3 Å². The predicted octanol–water partition coefficient (Wildman–Crippen LogP) is 4.60. The quantitative estimate of drug-likeness (QED) is 0.846. The molecule has 3 nitrogen and oxygen atoms in total. The zero-order valence-electron chi connectivity index (χ0n) is 12.9. The highest BCUT2D eigenvalue weighted by atomic mass is 16.1. The van der Waals surface area contributed by atoms with Crippen LogP contribution in [-0.4, -0.2) is 5.91 Å². The van der Waals surface area contributed by atoms with E-state index < -0.39 is 0 Å². The van der Waals surface area contributed by atoms with Crippen molar-refractivity contribution in [3.63, 3.8) is 0 Å². The minimum absolute atomic E-state index is 0.157. The molecule has 2 aromatic rings. The molecule has 22 heavy (non-hydrogen) atoms. The van der Waals surface area contributed by atoms with Gasteiger partial charge in [-0.3, -0.25) is 4.79 Å². The number of rotatable bonds is 5. The number of nitrogens with one attached hydrogen (secondary N) is 2. The van der Waals surface area contributed by atoms with Crippen molar-refractivity contribution in [2.45, 2.75) is 32.2 Å². The summed E-state index contributed by atoms with van der Waals surface area (Å²) in [6.45, 7) is 2.14. The van der Waals surface area contributed by atoms with Crippen molar-refractivity contribution in [3.05, 3.63) is 60.2 Å². The Balaban J connectivity index is 1.58. The van der Waals surface area contributed by atoms with Gasteiger partial charge in [-0.1, -0.05) is 36.8 Å². The molecule has 1 saturated carbocycles. The molecule has 1 fully saturated rings. The summed E-state index contributed by atoms with van der Waals surface area (Å²) in [5.74, 6) is 0.375. The Morgan fingerprint density at radius 2 is 1.64 bits per heavy atom. The van der Waals surface area contributed by atoms with Crippen molar-refractivity contribution in [3.8, 4) is 0 Å². The Kier molecular flexibility index (Phi) is 4.42. The third-order valence-corrected chi connectivity index (χ3v) is 4.31. The Morgan fingerprint density at radius 3 is 2.23 bits per heavy atom. The molecule has 0 heterocycles. The molecule has 0 spiro atoms. The molecule has 2 N–H and O–H groups in total. The van der Waals surface area contributed by atoms with Gasteiger partial charge in [0.25, 0.3) is 0 Å². The van der Waals surface area contributed by atoms with E-state index in [4.69, 9.17) is 0 Å². The van der Waals surface area contributed by atoms with Gasteiger partial charge >= 0.3 is 0 Å². The lowest BCUT2D eigenvalue weighted by atomic mass is 9.85. The number of anilines is 2. The van der Waals surface area contributed by atoms with Crippen LogP contribution in [0, 0.1) is 5.92 Å². The second kappa shape index (κ2) is 6.65. The Morgan fingerprint density at radius 1 is 1.00 bits per heavy atom. The number of hydrogen-bond donors (Lipinski definition) is 2. The van der Waals surface area contributed by atoms with Crippen molar-refractivity contribution in [2.75, 3.05) is 10.6 Å². The van der Waals surface area contributed by atoms with Gasteiger partial charge in [-0.25, -0.2) is 0 Å². The minimum Gasteiger partial charge on any atom is -0.379 e. The maximum absolute atomic E-state index is 11.9. The Labute approximate surface area is 131 Å². The number of hydrogen-bond acceptors (Lipinski definition) is 2. The fraction of sp³-hybridized carbons (Fsp3) is 0.316. The van der Waals surface area contributed by atoms with Crippen LogP contribution in [0.4, 0.5) is 11.4 Å². The molecule has 0 saturated heterocycles. The number of carbonyl (C=O) groups is 1. The summed E-state index contributed by atoms with van der Waals surface area (Å²) in [7, 11) is 0. The Bertz CT molecular complexity index is 618. The molecule has 1 amide bonds. The number of amides is 1. The molecule has 0 aliphatic heterocycles. The van der Waals surface area contributed by atoms with E-state index in [0.717, 1.165) is 24.2 Å². The summed E-state index contributed by atoms with van der Waals surface area (Å²) in [6, 6.07) is 18.5. The third-order valence-electron chi connectivity index (χ3n) is 4.31. The molecule has 3 heteroatoms. The predicted molar refractivity (Wildman–Crippen MR) is 90.9 cm³/mol. The van der Waals surface area contributed by atoms with Crippen molar-refractivity contribution < 1.29 is 4.79 Å².